The molecule has 5 nitrogen and oxygen atoms in total. The summed E-state index contributed by atoms with van der Waals surface area (Å²) in [6.07, 6.45) is 1.67. The number of ether oxygens (including phenoxy) is 2. The Balaban J connectivity index is 1.50. The number of H-pyrrole nitrogens is 1. The predicted octanol–water partition coefficient (Wildman–Crippen LogP) is 2.60. The van der Waals surface area contributed by atoms with Gasteiger partial charge in [-0.25, -0.2) is 4.98 Å². The second kappa shape index (κ2) is 5.52. The Hall–Kier alpha value is -2.69. The molecule has 0 saturated carbocycles. The molecule has 3 aromatic rings. The van der Waals surface area contributed by atoms with E-state index in [4.69, 9.17) is 15.2 Å². The van der Waals surface area contributed by atoms with Gasteiger partial charge in [-0.3, -0.25) is 0 Å². The maximum absolute atomic E-state index is 5.63. The molecule has 0 aliphatic heterocycles. The first-order chi connectivity index (χ1) is 9.81. The first-order valence-electron chi connectivity index (χ1n) is 6.35. The number of benzene rings is 2. The fourth-order valence-corrected chi connectivity index (χ4v) is 1.89. The van der Waals surface area contributed by atoms with Gasteiger partial charge in [0.05, 0.1) is 17.4 Å². The predicted molar refractivity (Wildman–Crippen MR) is 77.9 cm³/mol. The van der Waals surface area contributed by atoms with E-state index in [1.807, 2.05) is 42.5 Å². The zero-order valence-electron chi connectivity index (χ0n) is 10.9. The van der Waals surface area contributed by atoms with E-state index in [2.05, 4.69) is 9.97 Å². The highest BCUT2D eigenvalue weighted by Gasteiger charge is 1.99. The van der Waals surface area contributed by atoms with Crippen molar-refractivity contribution in [1.82, 2.24) is 9.97 Å². The Morgan fingerprint density at radius 3 is 2.45 bits per heavy atom. The van der Waals surface area contributed by atoms with Gasteiger partial charge in [0.2, 0.25) is 0 Å². The van der Waals surface area contributed by atoms with Gasteiger partial charge in [0.15, 0.2) is 0 Å². The molecule has 0 saturated heterocycles. The van der Waals surface area contributed by atoms with Crippen molar-refractivity contribution in [2.24, 2.45) is 0 Å². The summed E-state index contributed by atoms with van der Waals surface area (Å²) >= 11 is 0. The van der Waals surface area contributed by atoms with Crippen molar-refractivity contribution >= 4 is 16.7 Å². The molecule has 0 spiro atoms. The number of aromatic nitrogens is 2. The molecule has 0 radical (unpaired) electrons. The molecule has 3 rings (SSSR count). The summed E-state index contributed by atoms with van der Waals surface area (Å²) < 4.78 is 11.2. The van der Waals surface area contributed by atoms with Gasteiger partial charge in [0.25, 0.3) is 0 Å². The van der Waals surface area contributed by atoms with Crippen LogP contribution in [0.2, 0.25) is 0 Å². The van der Waals surface area contributed by atoms with E-state index >= 15 is 0 Å². The lowest BCUT2D eigenvalue weighted by Crippen LogP contribution is -2.08. The van der Waals surface area contributed by atoms with Crippen molar-refractivity contribution in [2.75, 3.05) is 18.9 Å². The van der Waals surface area contributed by atoms with Crippen molar-refractivity contribution in [2.45, 2.75) is 0 Å². The third kappa shape index (κ3) is 2.83. The largest absolute Gasteiger partial charge is 0.490 e. The Labute approximate surface area is 116 Å². The summed E-state index contributed by atoms with van der Waals surface area (Å²) in [7, 11) is 0. The smallest absolute Gasteiger partial charge is 0.122 e. The number of nitrogens with two attached hydrogens (primary N) is 1. The van der Waals surface area contributed by atoms with Crippen LogP contribution in [0.25, 0.3) is 11.0 Å². The number of nitrogens with zero attached hydrogens (tertiary/aromatic N) is 1. The highest BCUT2D eigenvalue weighted by molar-refractivity contribution is 5.75. The fraction of sp³-hybridized carbons (Fsp3) is 0.133. The standard InChI is InChI=1S/C15H15N3O2/c16-11-1-3-12(4-2-11)19-7-8-20-13-5-6-14-15(9-13)18-10-17-14/h1-6,9-10H,7-8,16H2,(H,17,18). The molecule has 0 unspecified atom stereocenters. The molecule has 20 heavy (non-hydrogen) atoms. The summed E-state index contributed by atoms with van der Waals surface area (Å²) in [5.41, 5.74) is 8.22. The minimum atomic E-state index is 0.476. The lowest BCUT2D eigenvalue weighted by Gasteiger charge is -2.08. The fourth-order valence-electron chi connectivity index (χ4n) is 1.89. The average Bonchev–Trinajstić information content (AvgIpc) is 2.93. The van der Waals surface area contributed by atoms with Crippen molar-refractivity contribution < 1.29 is 9.47 Å². The first kappa shape index (κ1) is 12.3. The summed E-state index contributed by atoms with van der Waals surface area (Å²) in [6.45, 7) is 0.953. The molecule has 0 atom stereocenters. The Morgan fingerprint density at radius 2 is 1.65 bits per heavy atom. The average molecular weight is 269 g/mol. The van der Waals surface area contributed by atoms with Gasteiger partial charge in [-0.2, -0.15) is 0 Å². The van der Waals surface area contributed by atoms with E-state index in [1.165, 1.54) is 0 Å². The molecule has 0 aliphatic rings. The van der Waals surface area contributed by atoms with Crippen LogP contribution in [-0.2, 0) is 0 Å². The van der Waals surface area contributed by atoms with Gasteiger partial charge < -0.3 is 20.2 Å². The molecular weight excluding hydrogens is 254 g/mol. The highest BCUT2D eigenvalue weighted by atomic mass is 16.5. The van der Waals surface area contributed by atoms with Crippen LogP contribution in [0, 0.1) is 0 Å². The topological polar surface area (TPSA) is 73.2 Å². The van der Waals surface area contributed by atoms with Crippen LogP contribution in [0.5, 0.6) is 11.5 Å². The van der Waals surface area contributed by atoms with Gasteiger partial charge in [-0.15, -0.1) is 0 Å². The first-order valence-corrected chi connectivity index (χ1v) is 6.35. The van der Waals surface area contributed by atoms with E-state index in [-0.39, 0.29) is 0 Å². The molecule has 2 aromatic carbocycles. The molecule has 0 aliphatic carbocycles. The molecule has 5 heteroatoms. The lowest BCUT2D eigenvalue weighted by atomic mass is 10.3. The molecule has 1 heterocycles. The Bertz CT molecular complexity index is 692. The van der Waals surface area contributed by atoms with Crippen LogP contribution >= 0.6 is 0 Å². The maximum Gasteiger partial charge on any atom is 0.122 e. The number of anilines is 1. The zero-order valence-corrected chi connectivity index (χ0v) is 10.9. The number of fused-ring (bicyclic) bond motifs is 1. The molecule has 0 amide bonds. The van der Waals surface area contributed by atoms with E-state index < -0.39 is 0 Å². The van der Waals surface area contributed by atoms with E-state index in [1.54, 1.807) is 6.33 Å². The van der Waals surface area contributed by atoms with Gasteiger partial charge in [0, 0.05) is 11.8 Å². The molecule has 102 valence electrons. The van der Waals surface area contributed by atoms with Crippen LogP contribution in [0.4, 0.5) is 5.69 Å². The van der Waals surface area contributed by atoms with Crippen molar-refractivity contribution in [3.8, 4) is 11.5 Å². The number of rotatable bonds is 5. The van der Waals surface area contributed by atoms with Crippen LogP contribution in [0.15, 0.2) is 48.8 Å². The van der Waals surface area contributed by atoms with E-state index in [9.17, 15) is 0 Å². The Kier molecular flexibility index (Phi) is 3.41. The minimum Gasteiger partial charge on any atom is -0.490 e. The molecule has 0 bridgehead atoms. The second-order valence-electron chi connectivity index (χ2n) is 4.35. The maximum atomic E-state index is 5.63. The number of hydrogen-bond donors (Lipinski definition) is 2. The highest BCUT2D eigenvalue weighted by Crippen LogP contribution is 2.18. The number of nitrogen functional groups attached to an aromatic ring is 1. The molecule has 3 N–H and O–H groups in total. The number of imidazole rings is 1. The van der Waals surface area contributed by atoms with Gasteiger partial charge in [-0.1, -0.05) is 0 Å². The van der Waals surface area contributed by atoms with Gasteiger partial charge >= 0.3 is 0 Å². The number of aromatic amines is 1. The summed E-state index contributed by atoms with van der Waals surface area (Å²) in [5, 5.41) is 0. The van der Waals surface area contributed by atoms with Crippen molar-refractivity contribution in [1.29, 1.82) is 0 Å². The minimum absolute atomic E-state index is 0.476. The number of hydrogen-bond acceptors (Lipinski definition) is 4. The summed E-state index contributed by atoms with van der Waals surface area (Å²) in [4.78, 5) is 7.20. The molecule has 0 fully saturated rings. The lowest BCUT2D eigenvalue weighted by molar-refractivity contribution is 0.217. The summed E-state index contributed by atoms with van der Waals surface area (Å²) in [5.74, 6) is 1.58. The molecule has 1 aromatic heterocycles. The third-order valence-electron chi connectivity index (χ3n) is 2.89. The SMILES string of the molecule is Nc1ccc(OCCOc2ccc3nc[nH]c3c2)cc1. The van der Waals surface area contributed by atoms with Crippen molar-refractivity contribution in [3.05, 3.63) is 48.8 Å². The zero-order chi connectivity index (χ0) is 13.8. The summed E-state index contributed by atoms with van der Waals surface area (Å²) in [6, 6.07) is 13.0. The van der Waals surface area contributed by atoms with Crippen molar-refractivity contribution in [3.63, 3.8) is 0 Å². The molecular formula is C15H15N3O2. The third-order valence-corrected chi connectivity index (χ3v) is 2.89. The van der Waals surface area contributed by atoms with E-state index in [0.717, 1.165) is 28.2 Å². The van der Waals surface area contributed by atoms with Crippen LogP contribution < -0.4 is 15.2 Å². The van der Waals surface area contributed by atoms with Crippen LogP contribution in [0.1, 0.15) is 0 Å². The monoisotopic (exact) mass is 269 g/mol. The Morgan fingerprint density at radius 1 is 0.950 bits per heavy atom. The van der Waals surface area contributed by atoms with Crippen LogP contribution in [0.3, 0.4) is 0 Å². The van der Waals surface area contributed by atoms with Gasteiger partial charge in [-0.05, 0) is 36.4 Å². The van der Waals surface area contributed by atoms with Crippen LogP contribution in [-0.4, -0.2) is 23.2 Å². The van der Waals surface area contributed by atoms with Gasteiger partial charge in [0.1, 0.15) is 24.7 Å². The quantitative estimate of drug-likeness (QED) is 0.551. The normalized spacial score (nSPS) is 10.6. The second-order valence-corrected chi connectivity index (χ2v) is 4.35. The number of nitrogens with one attached hydrogen (secondary N) is 1. The van der Waals surface area contributed by atoms with E-state index in [0.29, 0.717) is 13.2 Å².